The summed E-state index contributed by atoms with van der Waals surface area (Å²) in [6, 6.07) is 6.51. The van der Waals surface area contributed by atoms with Crippen molar-refractivity contribution in [3.8, 4) is 0 Å². The molecular weight excluding hydrogens is 274 g/mol. The highest BCUT2D eigenvalue weighted by molar-refractivity contribution is 6.33. The first-order valence-corrected chi connectivity index (χ1v) is 7.47. The predicted octanol–water partition coefficient (Wildman–Crippen LogP) is 2.16. The Morgan fingerprint density at radius 3 is 2.95 bits per heavy atom. The molecule has 1 heterocycles. The van der Waals surface area contributed by atoms with Crippen LogP contribution in [-0.2, 0) is 11.3 Å². The number of benzene rings is 1. The molecule has 1 aliphatic rings. The standard InChI is InChI=1S/C15H22ClN3O/c1-11(2)18-9-12-4-5-14(13(16)8-12)19-7-3-6-17-15(20)10-19/h4-5,8,11,18H,3,6-7,9-10H2,1-2H3,(H,17,20). The molecule has 1 saturated heterocycles. The summed E-state index contributed by atoms with van der Waals surface area (Å²) >= 11 is 6.38. The molecule has 0 aromatic heterocycles. The van der Waals surface area contributed by atoms with Gasteiger partial charge in [-0.15, -0.1) is 0 Å². The third kappa shape index (κ3) is 4.12. The van der Waals surface area contributed by atoms with E-state index in [0.717, 1.165) is 37.3 Å². The quantitative estimate of drug-likeness (QED) is 0.895. The Morgan fingerprint density at radius 2 is 2.25 bits per heavy atom. The monoisotopic (exact) mass is 295 g/mol. The summed E-state index contributed by atoms with van der Waals surface area (Å²) in [5.74, 6) is 0.0594. The van der Waals surface area contributed by atoms with E-state index in [1.807, 2.05) is 17.0 Å². The maximum absolute atomic E-state index is 11.6. The minimum absolute atomic E-state index is 0.0594. The topological polar surface area (TPSA) is 44.4 Å². The number of hydrogen-bond acceptors (Lipinski definition) is 3. The fourth-order valence-corrected chi connectivity index (χ4v) is 2.57. The molecule has 2 rings (SSSR count). The van der Waals surface area contributed by atoms with Crippen LogP contribution in [0.15, 0.2) is 18.2 Å². The van der Waals surface area contributed by atoms with E-state index in [-0.39, 0.29) is 5.91 Å². The van der Waals surface area contributed by atoms with Crippen molar-refractivity contribution in [3.05, 3.63) is 28.8 Å². The van der Waals surface area contributed by atoms with Crippen molar-refractivity contribution in [2.45, 2.75) is 32.9 Å². The van der Waals surface area contributed by atoms with E-state index in [0.29, 0.717) is 17.6 Å². The van der Waals surface area contributed by atoms with Crippen molar-refractivity contribution in [2.24, 2.45) is 0 Å². The highest BCUT2D eigenvalue weighted by atomic mass is 35.5. The SMILES string of the molecule is CC(C)NCc1ccc(N2CCCNC(=O)C2)c(Cl)c1. The van der Waals surface area contributed by atoms with Crippen LogP contribution >= 0.6 is 11.6 Å². The number of anilines is 1. The molecule has 1 amide bonds. The molecule has 0 radical (unpaired) electrons. The minimum atomic E-state index is 0.0594. The van der Waals surface area contributed by atoms with E-state index in [1.54, 1.807) is 0 Å². The van der Waals surface area contributed by atoms with Crippen molar-refractivity contribution in [1.82, 2.24) is 10.6 Å². The number of rotatable bonds is 4. The molecule has 0 atom stereocenters. The van der Waals surface area contributed by atoms with E-state index in [9.17, 15) is 4.79 Å². The highest BCUT2D eigenvalue weighted by Crippen LogP contribution is 2.27. The van der Waals surface area contributed by atoms with Crippen LogP contribution in [0.2, 0.25) is 5.02 Å². The lowest BCUT2D eigenvalue weighted by Crippen LogP contribution is -2.33. The fourth-order valence-electron chi connectivity index (χ4n) is 2.25. The Bertz CT molecular complexity index is 476. The van der Waals surface area contributed by atoms with Gasteiger partial charge in [0.15, 0.2) is 0 Å². The molecule has 0 saturated carbocycles. The number of halogens is 1. The van der Waals surface area contributed by atoms with Gasteiger partial charge in [0, 0.05) is 25.7 Å². The molecule has 1 aromatic rings. The number of carbonyl (C=O) groups is 1. The van der Waals surface area contributed by atoms with Crippen LogP contribution in [0.25, 0.3) is 0 Å². The Morgan fingerprint density at radius 1 is 1.45 bits per heavy atom. The van der Waals surface area contributed by atoms with Crippen LogP contribution in [0.1, 0.15) is 25.8 Å². The highest BCUT2D eigenvalue weighted by Gasteiger charge is 2.17. The van der Waals surface area contributed by atoms with E-state index in [4.69, 9.17) is 11.6 Å². The Kier molecular flexibility index (Phi) is 5.26. The van der Waals surface area contributed by atoms with E-state index in [2.05, 4.69) is 30.5 Å². The predicted molar refractivity (Wildman–Crippen MR) is 83.3 cm³/mol. The Balaban J connectivity index is 2.10. The summed E-state index contributed by atoms with van der Waals surface area (Å²) in [5.41, 5.74) is 2.10. The molecular formula is C15H22ClN3O. The average molecular weight is 296 g/mol. The maximum atomic E-state index is 11.6. The number of hydrogen-bond donors (Lipinski definition) is 2. The summed E-state index contributed by atoms with van der Waals surface area (Å²) in [4.78, 5) is 13.7. The molecule has 4 nitrogen and oxygen atoms in total. The number of amides is 1. The average Bonchev–Trinajstić information content (AvgIpc) is 2.61. The van der Waals surface area contributed by atoms with E-state index in [1.165, 1.54) is 0 Å². The van der Waals surface area contributed by atoms with Crippen LogP contribution in [0, 0.1) is 0 Å². The summed E-state index contributed by atoms with van der Waals surface area (Å²) in [6.07, 6.45) is 0.943. The van der Waals surface area contributed by atoms with Gasteiger partial charge in [0.25, 0.3) is 0 Å². The lowest BCUT2D eigenvalue weighted by atomic mass is 10.1. The van der Waals surface area contributed by atoms with E-state index < -0.39 is 0 Å². The van der Waals surface area contributed by atoms with Crippen molar-refractivity contribution in [3.63, 3.8) is 0 Å². The van der Waals surface area contributed by atoms with Gasteiger partial charge < -0.3 is 15.5 Å². The molecule has 1 fully saturated rings. The summed E-state index contributed by atoms with van der Waals surface area (Å²) in [5, 5.41) is 6.95. The second-order valence-electron chi connectivity index (χ2n) is 5.45. The van der Waals surface area contributed by atoms with Crippen molar-refractivity contribution in [1.29, 1.82) is 0 Å². The second-order valence-corrected chi connectivity index (χ2v) is 5.85. The van der Waals surface area contributed by atoms with Crippen LogP contribution in [0.3, 0.4) is 0 Å². The zero-order valence-corrected chi connectivity index (χ0v) is 12.8. The summed E-state index contributed by atoms with van der Waals surface area (Å²) in [7, 11) is 0. The Hall–Kier alpha value is -1.26. The number of carbonyl (C=O) groups excluding carboxylic acids is 1. The molecule has 20 heavy (non-hydrogen) atoms. The van der Waals surface area contributed by atoms with Crippen molar-refractivity contribution in [2.75, 3.05) is 24.5 Å². The number of nitrogens with one attached hydrogen (secondary N) is 2. The molecule has 2 N–H and O–H groups in total. The summed E-state index contributed by atoms with van der Waals surface area (Å²) in [6.45, 7) is 7.00. The molecule has 1 aliphatic heterocycles. The van der Waals surface area contributed by atoms with Gasteiger partial charge >= 0.3 is 0 Å². The molecule has 0 unspecified atom stereocenters. The molecule has 5 heteroatoms. The lowest BCUT2D eigenvalue weighted by molar-refractivity contribution is -0.119. The van der Waals surface area contributed by atoms with Crippen LogP contribution in [0.4, 0.5) is 5.69 Å². The van der Waals surface area contributed by atoms with Gasteiger partial charge in [-0.3, -0.25) is 4.79 Å². The van der Waals surface area contributed by atoms with Crippen LogP contribution in [-0.4, -0.2) is 31.6 Å². The molecule has 0 spiro atoms. The smallest absolute Gasteiger partial charge is 0.239 e. The van der Waals surface area contributed by atoms with Gasteiger partial charge in [-0.2, -0.15) is 0 Å². The largest absolute Gasteiger partial charge is 0.361 e. The van der Waals surface area contributed by atoms with Gasteiger partial charge in [-0.25, -0.2) is 0 Å². The lowest BCUT2D eigenvalue weighted by Gasteiger charge is -2.23. The first kappa shape index (κ1) is 15.1. The molecule has 1 aromatic carbocycles. The molecule has 0 bridgehead atoms. The van der Waals surface area contributed by atoms with Crippen molar-refractivity contribution >= 4 is 23.2 Å². The zero-order valence-electron chi connectivity index (χ0n) is 12.1. The normalized spacial score (nSPS) is 16.2. The number of nitrogens with zero attached hydrogens (tertiary/aromatic N) is 1. The fraction of sp³-hybridized carbons (Fsp3) is 0.533. The van der Waals surface area contributed by atoms with E-state index >= 15 is 0 Å². The first-order chi connectivity index (χ1) is 9.56. The molecule has 110 valence electrons. The first-order valence-electron chi connectivity index (χ1n) is 7.09. The second kappa shape index (κ2) is 6.95. The zero-order chi connectivity index (χ0) is 14.5. The van der Waals surface area contributed by atoms with Crippen LogP contribution in [0.5, 0.6) is 0 Å². The van der Waals surface area contributed by atoms with Gasteiger partial charge in [-0.1, -0.05) is 31.5 Å². The Labute approximate surface area is 125 Å². The third-order valence-electron chi connectivity index (χ3n) is 3.33. The van der Waals surface area contributed by atoms with Crippen molar-refractivity contribution < 1.29 is 4.79 Å². The van der Waals surface area contributed by atoms with Gasteiger partial charge in [0.05, 0.1) is 17.3 Å². The van der Waals surface area contributed by atoms with Gasteiger partial charge in [0.1, 0.15) is 0 Å². The van der Waals surface area contributed by atoms with Crippen LogP contribution < -0.4 is 15.5 Å². The van der Waals surface area contributed by atoms with Gasteiger partial charge in [-0.05, 0) is 24.1 Å². The summed E-state index contributed by atoms with van der Waals surface area (Å²) < 4.78 is 0. The minimum Gasteiger partial charge on any atom is -0.361 e. The molecule has 0 aliphatic carbocycles. The maximum Gasteiger partial charge on any atom is 0.239 e. The third-order valence-corrected chi connectivity index (χ3v) is 3.63. The van der Waals surface area contributed by atoms with Gasteiger partial charge in [0.2, 0.25) is 5.91 Å².